The predicted molar refractivity (Wildman–Crippen MR) is 134 cm³/mol. The Hall–Kier alpha value is -2.18. The van der Waals surface area contributed by atoms with Crippen LogP contribution in [0, 0.1) is 0 Å². The summed E-state index contributed by atoms with van der Waals surface area (Å²) < 4.78 is 2.01. The summed E-state index contributed by atoms with van der Waals surface area (Å²) in [5.41, 5.74) is 5.09. The van der Waals surface area contributed by atoms with Crippen LogP contribution >= 0.6 is 0 Å². The van der Waals surface area contributed by atoms with Gasteiger partial charge in [0.25, 0.3) is 5.91 Å². The molecule has 6 nitrogen and oxygen atoms in total. The minimum Gasteiger partial charge on any atom is -0.395 e. The number of aliphatic hydroxyl groups is 1. The SMILES string of the molecule is CCCCCCc1cccc(-n2nc(CC)c(C(=O)N3CCCN(CCO)CC3)c2CC)c1. The first-order chi connectivity index (χ1) is 16.1. The molecule has 182 valence electrons. The second kappa shape index (κ2) is 12.9. The average Bonchev–Trinajstić information content (AvgIpc) is 3.06. The van der Waals surface area contributed by atoms with Gasteiger partial charge < -0.3 is 10.0 Å². The van der Waals surface area contributed by atoms with Gasteiger partial charge in [0.1, 0.15) is 0 Å². The molecular weight excluding hydrogens is 412 g/mol. The van der Waals surface area contributed by atoms with Crippen LogP contribution in [0.25, 0.3) is 5.69 Å². The van der Waals surface area contributed by atoms with Crippen molar-refractivity contribution in [3.63, 3.8) is 0 Å². The first-order valence-electron chi connectivity index (χ1n) is 12.9. The molecular formula is C27H42N4O2. The number of aryl methyl sites for hydroxylation is 2. The van der Waals surface area contributed by atoms with Gasteiger partial charge in [-0.1, -0.05) is 52.2 Å². The third kappa shape index (κ3) is 6.45. The molecule has 1 N–H and O–H groups in total. The van der Waals surface area contributed by atoms with Gasteiger partial charge in [-0.05, 0) is 56.3 Å². The van der Waals surface area contributed by atoms with E-state index < -0.39 is 0 Å². The fourth-order valence-corrected chi connectivity index (χ4v) is 4.83. The predicted octanol–water partition coefficient (Wildman–Crippen LogP) is 4.26. The highest BCUT2D eigenvalue weighted by atomic mass is 16.3. The van der Waals surface area contributed by atoms with Crippen molar-refractivity contribution in [2.75, 3.05) is 39.3 Å². The molecule has 0 bridgehead atoms. The monoisotopic (exact) mass is 454 g/mol. The Morgan fingerprint density at radius 3 is 2.61 bits per heavy atom. The number of β-amino-alcohol motifs (C(OH)–C–C–N with tert-alkyl or cyclic N) is 1. The molecule has 6 heteroatoms. The zero-order valence-electron chi connectivity index (χ0n) is 20.9. The lowest BCUT2D eigenvalue weighted by Crippen LogP contribution is -2.36. The number of unbranched alkanes of at least 4 members (excludes halogenated alkanes) is 3. The van der Waals surface area contributed by atoms with Gasteiger partial charge in [-0.15, -0.1) is 0 Å². The minimum absolute atomic E-state index is 0.108. The second-order valence-corrected chi connectivity index (χ2v) is 9.08. The molecule has 1 amide bonds. The number of nitrogens with zero attached hydrogens (tertiary/aromatic N) is 4. The molecule has 3 rings (SSSR count). The Kier molecular flexibility index (Phi) is 9.95. The van der Waals surface area contributed by atoms with Crippen LogP contribution in [0.4, 0.5) is 0 Å². The highest BCUT2D eigenvalue weighted by Gasteiger charge is 2.28. The lowest BCUT2D eigenvalue weighted by Gasteiger charge is -2.22. The fraction of sp³-hybridized carbons (Fsp3) is 0.630. The van der Waals surface area contributed by atoms with E-state index in [1.165, 1.54) is 31.2 Å². The molecule has 1 fully saturated rings. The molecule has 1 aliphatic rings. The molecule has 2 heterocycles. The van der Waals surface area contributed by atoms with E-state index in [-0.39, 0.29) is 12.5 Å². The molecule has 0 atom stereocenters. The van der Waals surface area contributed by atoms with Crippen LogP contribution in [0.1, 0.15) is 80.2 Å². The summed E-state index contributed by atoms with van der Waals surface area (Å²) in [5.74, 6) is 0.108. The Morgan fingerprint density at radius 2 is 1.88 bits per heavy atom. The highest BCUT2D eigenvalue weighted by Crippen LogP contribution is 2.24. The third-order valence-electron chi connectivity index (χ3n) is 6.70. The van der Waals surface area contributed by atoms with Crippen LogP contribution in [0.2, 0.25) is 0 Å². The standard InChI is InChI=1S/C27H42N4O2/c1-4-7-8-9-12-22-13-10-14-23(21-22)31-25(6-3)26(24(5-2)28-31)27(33)30-16-11-15-29(17-18-30)19-20-32/h10,13-14,21,32H,4-9,11-12,15-20H2,1-3H3. The van der Waals surface area contributed by atoms with Crippen LogP contribution in [0.3, 0.4) is 0 Å². The van der Waals surface area contributed by atoms with Gasteiger partial charge in [-0.2, -0.15) is 5.10 Å². The zero-order valence-corrected chi connectivity index (χ0v) is 20.9. The molecule has 1 aliphatic heterocycles. The van der Waals surface area contributed by atoms with Gasteiger partial charge in [0.05, 0.1) is 29.2 Å². The van der Waals surface area contributed by atoms with Crippen LogP contribution in [0.15, 0.2) is 24.3 Å². The van der Waals surface area contributed by atoms with Crippen LogP contribution in [-0.4, -0.2) is 69.9 Å². The lowest BCUT2D eigenvalue weighted by atomic mass is 10.1. The smallest absolute Gasteiger partial charge is 0.257 e. The van der Waals surface area contributed by atoms with E-state index >= 15 is 0 Å². The van der Waals surface area contributed by atoms with Crippen molar-refractivity contribution in [2.24, 2.45) is 0 Å². The van der Waals surface area contributed by atoms with E-state index in [1.54, 1.807) is 0 Å². The van der Waals surface area contributed by atoms with Crippen molar-refractivity contribution in [1.82, 2.24) is 19.6 Å². The molecule has 0 saturated carbocycles. The van der Waals surface area contributed by atoms with E-state index in [0.29, 0.717) is 13.1 Å². The number of amides is 1. The first-order valence-corrected chi connectivity index (χ1v) is 12.9. The highest BCUT2D eigenvalue weighted by molar-refractivity contribution is 5.96. The number of hydrogen-bond donors (Lipinski definition) is 1. The third-order valence-corrected chi connectivity index (χ3v) is 6.70. The lowest BCUT2D eigenvalue weighted by molar-refractivity contribution is 0.0758. The van der Waals surface area contributed by atoms with Gasteiger partial charge in [0.15, 0.2) is 0 Å². The molecule has 1 saturated heterocycles. The summed E-state index contributed by atoms with van der Waals surface area (Å²) in [6.07, 6.45) is 8.54. The number of carbonyl (C=O) groups excluding carboxylic acids is 1. The van der Waals surface area contributed by atoms with E-state index in [1.807, 2.05) is 9.58 Å². The summed E-state index contributed by atoms with van der Waals surface area (Å²) in [7, 11) is 0. The van der Waals surface area contributed by atoms with Crippen LogP contribution in [0.5, 0.6) is 0 Å². The quantitative estimate of drug-likeness (QED) is 0.516. The topological polar surface area (TPSA) is 61.6 Å². The fourth-order valence-electron chi connectivity index (χ4n) is 4.83. The van der Waals surface area contributed by atoms with Crippen LogP contribution in [-0.2, 0) is 19.3 Å². The van der Waals surface area contributed by atoms with Crippen LogP contribution < -0.4 is 0 Å². The average molecular weight is 455 g/mol. The van der Waals surface area contributed by atoms with Crippen molar-refractivity contribution in [2.45, 2.75) is 72.1 Å². The van der Waals surface area contributed by atoms with Gasteiger partial charge in [-0.25, -0.2) is 4.68 Å². The maximum Gasteiger partial charge on any atom is 0.257 e. The summed E-state index contributed by atoms with van der Waals surface area (Å²) in [6, 6.07) is 8.66. The molecule has 1 aromatic carbocycles. The minimum atomic E-state index is 0.108. The van der Waals surface area contributed by atoms with Gasteiger partial charge in [-0.3, -0.25) is 9.69 Å². The number of aromatic nitrogens is 2. The van der Waals surface area contributed by atoms with E-state index in [9.17, 15) is 9.90 Å². The Labute approximate surface area is 199 Å². The molecule has 0 aliphatic carbocycles. The maximum atomic E-state index is 13.7. The summed E-state index contributed by atoms with van der Waals surface area (Å²) >= 11 is 0. The molecule has 0 spiro atoms. The van der Waals surface area contributed by atoms with Gasteiger partial charge >= 0.3 is 0 Å². The molecule has 0 radical (unpaired) electrons. The number of hydrogen-bond acceptors (Lipinski definition) is 4. The number of aliphatic hydroxyl groups excluding tert-OH is 1. The molecule has 0 unspecified atom stereocenters. The Bertz CT molecular complexity index is 892. The van der Waals surface area contributed by atoms with E-state index in [2.05, 4.69) is 49.9 Å². The molecule has 2 aromatic rings. The van der Waals surface area contributed by atoms with Crippen molar-refractivity contribution in [3.05, 3.63) is 46.8 Å². The Balaban J connectivity index is 1.85. The van der Waals surface area contributed by atoms with Crippen molar-refractivity contribution in [3.8, 4) is 5.69 Å². The zero-order chi connectivity index (χ0) is 23.6. The normalized spacial score (nSPS) is 15.1. The summed E-state index contributed by atoms with van der Waals surface area (Å²) in [4.78, 5) is 17.9. The number of carbonyl (C=O) groups is 1. The Morgan fingerprint density at radius 1 is 1.03 bits per heavy atom. The largest absolute Gasteiger partial charge is 0.395 e. The van der Waals surface area contributed by atoms with E-state index in [0.717, 1.165) is 68.0 Å². The first kappa shape index (κ1) is 25.4. The van der Waals surface area contributed by atoms with Crippen molar-refractivity contribution >= 4 is 5.91 Å². The number of rotatable bonds is 11. The van der Waals surface area contributed by atoms with Crippen molar-refractivity contribution in [1.29, 1.82) is 0 Å². The summed E-state index contributed by atoms with van der Waals surface area (Å²) in [6.45, 7) is 10.5. The van der Waals surface area contributed by atoms with E-state index in [4.69, 9.17) is 5.10 Å². The molecule has 1 aromatic heterocycles. The second-order valence-electron chi connectivity index (χ2n) is 9.08. The maximum absolute atomic E-state index is 13.7. The molecule has 33 heavy (non-hydrogen) atoms. The van der Waals surface area contributed by atoms with Crippen molar-refractivity contribution < 1.29 is 9.90 Å². The van der Waals surface area contributed by atoms with Gasteiger partial charge in [0, 0.05) is 26.2 Å². The summed E-state index contributed by atoms with van der Waals surface area (Å²) in [5, 5.41) is 14.2. The number of benzene rings is 1. The van der Waals surface area contributed by atoms with Gasteiger partial charge in [0.2, 0.25) is 0 Å².